The fraction of sp³-hybridized carbons (Fsp3) is 0.579. The van der Waals surface area contributed by atoms with Crippen LogP contribution in [0.2, 0.25) is 0 Å². The summed E-state index contributed by atoms with van der Waals surface area (Å²) in [7, 11) is -8.57. The Morgan fingerprint density at radius 2 is 1.66 bits per heavy atom. The Balaban J connectivity index is 2.43. The monoisotopic (exact) mass is 493 g/mol. The Bertz CT molecular complexity index is 1020. The fourth-order valence-corrected chi connectivity index (χ4v) is 5.94. The van der Waals surface area contributed by atoms with Crippen LogP contribution in [0, 0.1) is 0 Å². The lowest BCUT2D eigenvalue weighted by molar-refractivity contribution is -0.139. The van der Waals surface area contributed by atoms with Gasteiger partial charge in [0.2, 0.25) is 0 Å². The van der Waals surface area contributed by atoms with Gasteiger partial charge in [-0.1, -0.05) is 13.8 Å². The molecular formula is C19H28NO10PS. The third kappa shape index (κ3) is 5.87. The molecule has 0 spiro atoms. The average molecular weight is 493 g/mol. The topological polar surface area (TPSA) is 146 Å². The number of carboxylic acids is 1. The molecule has 0 saturated carbocycles. The number of benzene rings is 1. The number of amides is 1. The van der Waals surface area contributed by atoms with Gasteiger partial charge in [0.25, 0.3) is 15.9 Å². The molecule has 0 saturated heterocycles. The standard InChI is InChI=1S/C19H28NO10PS/c1-11(2)15-7-14(27-9-17(21)22)8-16-18(15)19(23)20(32(16,25)26)10-28-31(24,29-12(3)4)30-13(5)6/h7-8,11-13H,9-10H2,1-6H3,(H,21,22). The van der Waals surface area contributed by atoms with Crippen molar-refractivity contribution in [2.45, 2.75) is 64.6 Å². The van der Waals surface area contributed by atoms with E-state index < -0.39 is 55.3 Å². The first kappa shape index (κ1) is 26.3. The van der Waals surface area contributed by atoms with E-state index in [0.29, 0.717) is 9.87 Å². The second kappa shape index (κ2) is 9.88. The van der Waals surface area contributed by atoms with Crippen molar-refractivity contribution in [3.8, 4) is 5.75 Å². The van der Waals surface area contributed by atoms with Crippen molar-refractivity contribution in [3.63, 3.8) is 0 Å². The van der Waals surface area contributed by atoms with Gasteiger partial charge < -0.3 is 9.84 Å². The number of fused-ring (bicyclic) bond motifs is 1. The molecule has 0 atom stereocenters. The number of carbonyl (C=O) groups is 2. The molecule has 0 aromatic heterocycles. The highest BCUT2D eigenvalue weighted by Crippen LogP contribution is 2.52. The first-order valence-corrected chi connectivity index (χ1v) is 12.8. The number of phosphoric acid groups is 1. The number of aliphatic carboxylic acids is 1. The van der Waals surface area contributed by atoms with Crippen LogP contribution in [0.3, 0.4) is 0 Å². The van der Waals surface area contributed by atoms with Gasteiger partial charge in [0.15, 0.2) is 6.61 Å². The summed E-state index contributed by atoms with van der Waals surface area (Å²) >= 11 is 0. The SMILES string of the molecule is CC(C)OP(=O)(OCN1C(=O)c2c(C(C)C)cc(OCC(=O)O)cc2S1(=O)=O)OC(C)C. The first-order valence-electron chi connectivity index (χ1n) is 9.89. The normalized spacial score (nSPS) is 15.7. The minimum atomic E-state index is -4.39. The summed E-state index contributed by atoms with van der Waals surface area (Å²) in [6.45, 7) is 8.31. The van der Waals surface area contributed by atoms with Crippen LogP contribution in [-0.2, 0) is 33.0 Å². The Morgan fingerprint density at radius 3 is 2.12 bits per heavy atom. The molecule has 0 radical (unpaired) electrons. The van der Waals surface area contributed by atoms with E-state index in [9.17, 15) is 22.6 Å². The predicted octanol–water partition coefficient (Wildman–Crippen LogP) is 3.35. The van der Waals surface area contributed by atoms with Crippen molar-refractivity contribution < 1.29 is 46.0 Å². The average Bonchev–Trinajstić information content (AvgIpc) is 2.82. The maximum absolute atomic E-state index is 13.1. The smallest absolute Gasteiger partial charge is 0.477 e. The molecule has 13 heteroatoms. The van der Waals surface area contributed by atoms with Gasteiger partial charge in [-0.15, -0.1) is 0 Å². The van der Waals surface area contributed by atoms with Gasteiger partial charge in [-0.2, -0.15) is 0 Å². The lowest BCUT2D eigenvalue weighted by atomic mass is 9.96. The lowest BCUT2D eigenvalue weighted by Gasteiger charge is -2.24. The van der Waals surface area contributed by atoms with E-state index in [4.69, 9.17) is 23.4 Å². The molecule has 1 heterocycles. The number of hydrogen-bond donors (Lipinski definition) is 1. The summed E-state index contributed by atoms with van der Waals surface area (Å²) in [5, 5.41) is 8.83. The highest BCUT2D eigenvalue weighted by Gasteiger charge is 2.45. The maximum atomic E-state index is 13.1. The molecule has 0 fully saturated rings. The molecular weight excluding hydrogens is 465 g/mol. The van der Waals surface area contributed by atoms with Gasteiger partial charge in [-0.05, 0) is 45.2 Å². The van der Waals surface area contributed by atoms with E-state index in [-0.39, 0.29) is 22.1 Å². The van der Waals surface area contributed by atoms with Crippen LogP contribution >= 0.6 is 7.82 Å². The first-order chi connectivity index (χ1) is 14.7. The number of rotatable bonds is 11. The van der Waals surface area contributed by atoms with Crippen molar-refractivity contribution in [1.82, 2.24) is 4.31 Å². The minimum absolute atomic E-state index is 0.00838. The highest BCUT2D eigenvalue weighted by molar-refractivity contribution is 7.90. The quantitative estimate of drug-likeness (QED) is 0.455. The van der Waals surface area contributed by atoms with Crippen molar-refractivity contribution in [1.29, 1.82) is 0 Å². The van der Waals surface area contributed by atoms with Gasteiger partial charge in [0, 0.05) is 6.07 Å². The Hall–Kier alpha value is -1.98. The number of ether oxygens (including phenoxy) is 1. The van der Waals surface area contributed by atoms with Crippen LogP contribution in [0.4, 0.5) is 0 Å². The molecule has 1 aliphatic heterocycles. The number of carbonyl (C=O) groups excluding carboxylic acids is 1. The van der Waals surface area contributed by atoms with Gasteiger partial charge >= 0.3 is 13.8 Å². The van der Waals surface area contributed by atoms with Crippen LogP contribution in [0.15, 0.2) is 17.0 Å². The lowest BCUT2D eigenvalue weighted by Crippen LogP contribution is -2.32. The zero-order valence-corrected chi connectivity index (χ0v) is 20.4. The van der Waals surface area contributed by atoms with Crippen LogP contribution < -0.4 is 4.74 Å². The number of hydrogen-bond acceptors (Lipinski definition) is 9. The maximum Gasteiger partial charge on any atom is 0.477 e. The number of sulfonamides is 1. The summed E-state index contributed by atoms with van der Waals surface area (Å²) in [5.41, 5.74) is 0.287. The van der Waals surface area contributed by atoms with Crippen LogP contribution in [0.25, 0.3) is 0 Å². The summed E-state index contributed by atoms with van der Waals surface area (Å²) in [6.07, 6.45) is -1.10. The molecule has 1 aromatic carbocycles. The molecule has 0 aliphatic carbocycles. The summed E-state index contributed by atoms with van der Waals surface area (Å²) in [5.74, 6) is -2.39. The summed E-state index contributed by atoms with van der Waals surface area (Å²) in [4.78, 5) is 23.5. The highest BCUT2D eigenvalue weighted by atomic mass is 32.2. The van der Waals surface area contributed by atoms with Crippen molar-refractivity contribution >= 4 is 29.7 Å². The third-order valence-electron chi connectivity index (χ3n) is 4.11. The Kier molecular flexibility index (Phi) is 8.11. The predicted molar refractivity (Wildman–Crippen MR) is 113 cm³/mol. The molecule has 11 nitrogen and oxygen atoms in total. The van der Waals surface area contributed by atoms with E-state index >= 15 is 0 Å². The molecule has 1 aliphatic rings. The summed E-state index contributed by atoms with van der Waals surface area (Å²) in [6, 6.07) is 2.52. The number of nitrogens with zero attached hydrogens (tertiary/aromatic N) is 1. The van der Waals surface area contributed by atoms with E-state index in [1.807, 2.05) is 0 Å². The third-order valence-corrected chi connectivity index (χ3v) is 7.63. The summed E-state index contributed by atoms with van der Waals surface area (Å²) < 4.78 is 60.3. The molecule has 1 amide bonds. The largest absolute Gasteiger partial charge is 0.482 e. The van der Waals surface area contributed by atoms with Crippen LogP contribution in [0.1, 0.15) is 63.4 Å². The molecule has 1 N–H and O–H groups in total. The van der Waals surface area contributed by atoms with Crippen LogP contribution in [-0.4, -0.2) is 55.3 Å². The molecule has 32 heavy (non-hydrogen) atoms. The second-order valence-electron chi connectivity index (χ2n) is 7.90. The van der Waals surface area contributed by atoms with Gasteiger partial charge in [-0.3, -0.25) is 18.4 Å². The Morgan fingerprint density at radius 1 is 1.09 bits per heavy atom. The van der Waals surface area contributed by atoms with E-state index in [1.54, 1.807) is 41.5 Å². The zero-order valence-electron chi connectivity index (χ0n) is 18.7. The zero-order chi connectivity index (χ0) is 24.4. The second-order valence-corrected chi connectivity index (χ2v) is 11.3. The van der Waals surface area contributed by atoms with Gasteiger partial charge in [0.1, 0.15) is 17.4 Å². The molecule has 1 aromatic rings. The van der Waals surface area contributed by atoms with E-state index in [1.165, 1.54) is 6.07 Å². The molecule has 0 bridgehead atoms. The van der Waals surface area contributed by atoms with Gasteiger partial charge in [0.05, 0.1) is 17.8 Å². The molecule has 2 rings (SSSR count). The minimum Gasteiger partial charge on any atom is -0.482 e. The van der Waals surface area contributed by atoms with Crippen molar-refractivity contribution in [3.05, 3.63) is 23.3 Å². The molecule has 0 unspecified atom stereocenters. The van der Waals surface area contributed by atoms with Crippen molar-refractivity contribution in [2.24, 2.45) is 0 Å². The number of carboxylic acid groups (broad SMARTS) is 1. The van der Waals surface area contributed by atoms with E-state index in [0.717, 1.165) is 6.07 Å². The molecule has 180 valence electrons. The van der Waals surface area contributed by atoms with E-state index in [2.05, 4.69) is 0 Å². The number of phosphoric ester groups is 1. The van der Waals surface area contributed by atoms with Crippen LogP contribution in [0.5, 0.6) is 5.75 Å². The van der Waals surface area contributed by atoms with Gasteiger partial charge in [-0.25, -0.2) is 22.1 Å². The fourth-order valence-electron chi connectivity index (χ4n) is 2.93. The Labute approximate surface area is 187 Å². The van der Waals surface area contributed by atoms with Crippen molar-refractivity contribution in [2.75, 3.05) is 13.3 Å².